The Bertz CT molecular complexity index is 3540. The van der Waals surface area contributed by atoms with Crippen molar-refractivity contribution in [2.45, 2.75) is 24.7 Å². The average molecular weight is 782 g/mol. The molecule has 0 bridgehead atoms. The van der Waals surface area contributed by atoms with Gasteiger partial charge in [0.15, 0.2) is 5.58 Å². The highest BCUT2D eigenvalue weighted by molar-refractivity contribution is 6.12. The molecule has 61 heavy (non-hydrogen) atoms. The van der Waals surface area contributed by atoms with Crippen LogP contribution in [0.3, 0.4) is 0 Å². The van der Waals surface area contributed by atoms with Crippen LogP contribution in [0.1, 0.15) is 47.2 Å². The van der Waals surface area contributed by atoms with Gasteiger partial charge in [-0.25, -0.2) is 0 Å². The summed E-state index contributed by atoms with van der Waals surface area (Å²) in [6.07, 6.45) is 0. The number of para-hydroxylation sites is 3. The number of anilines is 3. The molecule has 0 fully saturated rings. The van der Waals surface area contributed by atoms with Crippen LogP contribution < -0.4 is 4.90 Å². The van der Waals surface area contributed by atoms with Crippen molar-refractivity contribution >= 4 is 60.9 Å². The van der Waals surface area contributed by atoms with Crippen LogP contribution in [0.5, 0.6) is 0 Å². The first-order valence-corrected chi connectivity index (χ1v) is 21.2. The molecule has 288 valence electrons. The lowest BCUT2D eigenvalue weighted by Gasteiger charge is -2.35. The minimum Gasteiger partial charge on any atom is -0.456 e. The summed E-state index contributed by atoms with van der Waals surface area (Å²) >= 11 is 0. The Morgan fingerprint density at radius 2 is 0.885 bits per heavy atom. The van der Waals surface area contributed by atoms with Gasteiger partial charge in [0.1, 0.15) is 16.7 Å². The second kappa shape index (κ2) is 12.5. The molecule has 0 saturated carbocycles. The predicted octanol–water partition coefficient (Wildman–Crippen LogP) is 15.6. The maximum absolute atomic E-state index is 7.12. The second-order valence-electron chi connectivity index (χ2n) is 17.2. The largest absolute Gasteiger partial charge is 0.456 e. The molecule has 2 heterocycles. The number of fused-ring (bicyclic) bond motifs is 12. The molecule has 0 radical (unpaired) electrons. The maximum Gasteiger partial charge on any atom is 0.159 e. The van der Waals surface area contributed by atoms with E-state index in [1.54, 1.807) is 0 Å². The minimum atomic E-state index is -0.699. The Labute approximate surface area is 353 Å². The van der Waals surface area contributed by atoms with Gasteiger partial charge in [0, 0.05) is 43.9 Å². The van der Waals surface area contributed by atoms with Crippen molar-refractivity contribution in [1.29, 1.82) is 0 Å². The summed E-state index contributed by atoms with van der Waals surface area (Å²) in [4.78, 5) is 2.43. The van der Waals surface area contributed by atoms with E-state index in [9.17, 15) is 0 Å². The number of hydrogen-bond acceptors (Lipinski definition) is 3. The van der Waals surface area contributed by atoms with E-state index >= 15 is 0 Å². The predicted molar refractivity (Wildman–Crippen MR) is 251 cm³/mol. The minimum absolute atomic E-state index is 0.191. The monoisotopic (exact) mass is 781 g/mol. The lowest BCUT2D eigenvalue weighted by atomic mass is 9.67. The fourth-order valence-electron chi connectivity index (χ4n) is 11.1. The van der Waals surface area contributed by atoms with E-state index in [1.165, 1.54) is 50.1 Å². The molecule has 0 aliphatic heterocycles. The van der Waals surface area contributed by atoms with Gasteiger partial charge in [-0.1, -0.05) is 172 Å². The summed E-state index contributed by atoms with van der Waals surface area (Å²) in [6, 6.07) is 72.9. The van der Waals surface area contributed by atoms with E-state index in [1.807, 2.05) is 6.07 Å². The zero-order chi connectivity index (χ0) is 40.5. The first-order chi connectivity index (χ1) is 30.0. The topological polar surface area (TPSA) is 29.5 Å². The molecule has 0 unspecified atom stereocenters. The Morgan fingerprint density at radius 3 is 1.59 bits per heavy atom. The third-order valence-electron chi connectivity index (χ3n) is 13.7. The van der Waals surface area contributed by atoms with Crippen LogP contribution in [-0.2, 0) is 10.8 Å². The molecule has 3 heteroatoms. The molecule has 0 N–H and O–H groups in total. The highest BCUT2D eigenvalue weighted by Crippen LogP contribution is 2.59. The summed E-state index contributed by atoms with van der Waals surface area (Å²) in [5.74, 6) is 0. The molecule has 2 aromatic heterocycles. The van der Waals surface area contributed by atoms with E-state index in [0.29, 0.717) is 0 Å². The number of nitrogens with zero attached hydrogens (tertiary/aromatic N) is 1. The van der Waals surface area contributed by atoms with Gasteiger partial charge in [-0.05, 0) is 92.5 Å². The number of benzene rings is 9. The quantitative estimate of drug-likeness (QED) is 0.174. The smallest absolute Gasteiger partial charge is 0.159 e. The zero-order valence-electron chi connectivity index (χ0n) is 33.8. The van der Waals surface area contributed by atoms with E-state index in [2.05, 4.69) is 213 Å². The van der Waals surface area contributed by atoms with Gasteiger partial charge in [0.2, 0.25) is 0 Å². The number of hydrogen-bond donors (Lipinski definition) is 0. The molecule has 0 saturated heterocycles. The normalized spacial score (nSPS) is 14.3. The molecule has 9 aromatic carbocycles. The molecule has 2 aliphatic carbocycles. The highest BCUT2D eigenvalue weighted by atomic mass is 16.3. The Kier molecular flexibility index (Phi) is 6.99. The third-order valence-corrected chi connectivity index (χ3v) is 13.7. The first-order valence-electron chi connectivity index (χ1n) is 21.2. The van der Waals surface area contributed by atoms with Crippen LogP contribution in [0, 0.1) is 0 Å². The van der Waals surface area contributed by atoms with Gasteiger partial charge in [-0.3, -0.25) is 0 Å². The molecule has 11 aromatic rings. The average Bonchev–Trinajstić information content (AvgIpc) is 4.03. The standard InChI is InChI=1S/C58H39NO2/c1-57(2)47-25-11-6-19-39(47)42-32-31-37(34-50(42)57)59(52-28-16-24-45-43-22-9-14-29-53(43)61-56(45)52)38-33-46-44-23-10-15-30-54(44)60-55(46)51(35-38)58(36-17-4-3-5-18-36)48-26-12-7-20-40(48)41-21-8-13-27-49(41)58/h3-35H,1-2H3. The fourth-order valence-corrected chi connectivity index (χ4v) is 11.1. The summed E-state index contributed by atoms with van der Waals surface area (Å²) in [6.45, 7) is 4.71. The molecule has 0 spiro atoms. The lowest BCUT2D eigenvalue weighted by molar-refractivity contribution is 0.648. The molecule has 2 aliphatic rings. The Morgan fingerprint density at radius 1 is 0.361 bits per heavy atom. The van der Waals surface area contributed by atoms with Crippen molar-refractivity contribution in [3.8, 4) is 22.3 Å². The summed E-state index contributed by atoms with van der Waals surface area (Å²) < 4.78 is 14.0. The number of rotatable bonds is 5. The molecular formula is C58H39NO2. The molecular weight excluding hydrogens is 743 g/mol. The summed E-state index contributed by atoms with van der Waals surface area (Å²) in [7, 11) is 0. The summed E-state index contributed by atoms with van der Waals surface area (Å²) in [5, 5.41) is 4.33. The van der Waals surface area contributed by atoms with Crippen LogP contribution in [0.2, 0.25) is 0 Å². The lowest BCUT2D eigenvalue weighted by Crippen LogP contribution is -2.29. The zero-order valence-corrected chi connectivity index (χ0v) is 33.8. The SMILES string of the molecule is CC1(C)c2ccccc2-c2ccc(N(c3cc(C4(c5ccccc5)c5ccccc5-c5ccccc54)c4oc5ccccc5c4c3)c3cccc4c3oc3ccccc34)cc21. The Hall–Kier alpha value is -7.62. The van der Waals surface area contributed by atoms with Crippen molar-refractivity contribution in [3.63, 3.8) is 0 Å². The molecule has 0 amide bonds. The van der Waals surface area contributed by atoms with Gasteiger partial charge in [0.25, 0.3) is 0 Å². The molecule has 3 nitrogen and oxygen atoms in total. The van der Waals surface area contributed by atoms with Crippen LogP contribution in [0.15, 0.2) is 209 Å². The van der Waals surface area contributed by atoms with Crippen LogP contribution >= 0.6 is 0 Å². The van der Waals surface area contributed by atoms with Crippen molar-refractivity contribution in [3.05, 3.63) is 234 Å². The van der Waals surface area contributed by atoms with Crippen molar-refractivity contribution < 1.29 is 8.83 Å². The van der Waals surface area contributed by atoms with Crippen LogP contribution in [-0.4, -0.2) is 0 Å². The fraction of sp³-hybridized carbons (Fsp3) is 0.0690. The van der Waals surface area contributed by atoms with Crippen LogP contribution in [0.25, 0.3) is 66.1 Å². The van der Waals surface area contributed by atoms with Gasteiger partial charge < -0.3 is 13.7 Å². The molecule has 0 atom stereocenters. The van der Waals surface area contributed by atoms with Crippen molar-refractivity contribution in [2.24, 2.45) is 0 Å². The van der Waals surface area contributed by atoms with Crippen molar-refractivity contribution in [2.75, 3.05) is 4.90 Å². The van der Waals surface area contributed by atoms with Gasteiger partial charge in [-0.2, -0.15) is 0 Å². The maximum atomic E-state index is 7.12. The third kappa shape index (κ3) is 4.58. The summed E-state index contributed by atoms with van der Waals surface area (Å²) in [5.41, 5.74) is 18.1. The van der Waals surface area contributed by atoms with Gasteiger partial charge >= 0.3 is 0 Å². The van der Waals surface area contributed by atoms with Gasteiger partial charge in [0.05, 0.1) is 11.1 Å². The van der Waals surface area contributed by atoms with Crippen molar-refractivity contribution in [1.82, 2.24) is 0 Å². The van der Waals surface area contributed by atoms with Crippen LogP contribution in [0.4, 0.5) is 17.1 Å². The van der Waals surface area contributed by atoms with E-state index in [0.717, 1.165) is 66.5 Å². The first kappa shape index (κ1) is 34.3. The number of furan rings is 2. The van der Waals surface area contributed by atoms with E-state index in [-0.39, 0.29) is 5.41 Å². The van der Waals surface area contributed by atoms with Gasteiger partial charge in [-0.15, -0.1) is 0 Å². The molecule has 13 rings (SSSR count). The Balaban J connectivity index is 1.18. The van der Waals surface area contributed by atoms with E-state index in [4.69, 9.17) is 8.83 Å². The van der Waals surface area contributed by atoms with E-state index < -0.39 is 5.41 Å². The highest BCUT2D eigenvalue weighted by Gasteiger charge is 2.48. The second-order valence-corrected chi connectivity index (χ2v) is 17.2.